The van der Waals surface area contributed by atoms with Crippen molar-refractivity contribution in [1.82, 2.24) is 4.98 Å². The van der Waals surface area contributed by atoms with Crippen molar-refractivity contribution in [3.05, 3.63) is 65.0 Å². The third-order valence-electron chi connectivity index (χ3n) is 4.68. The van der Waals surface area contributed by atoms with Gasteiger partial charge in [-0.15, -0.1) is 11.3 Å². The lowest BCUT2D eigenvalue weighted by molar-refractivity contribution is -0.120. The van der Waals surface area contributed by atoms with Gasteiger partial charge in [0.05, 0.1) is 18.3 Å². The molecule has 0 spiro atoms. The quantitative estimate of drug-likeness (QED) is 0.528. The number of hydrogen-bond donors (Lipinski definition) is 0. The second-order valence-electron chi connectivity index (χ2n) is 6.76. The second kappa shape index (κ2) is 9.39. The lowest BCUT2D eigenvalue weighted by Crippen LogP contribution is -2.40. The molecule has 0 radical (unpaired) electrons. The number of carbonyl (C=O) groups is 1. The number of carbonyl (C=O) groups excluding carboxylic acids is 1. The molecule has 7 heteroatoms. The van der Waals surface area contributed by atoms with E-state index in [9.17, 15) is 4.79 Å². The number of benzene rings is 2. The number of aromatic nitrogens is 1. The van der Waals surface area contributed by atoms with Gasteiger partial charge < -0.3 is 9.47 Å². The summed E-state index contributed by atoms with van der Waals surface area (Å²) in [6.45, 7) is 1.14. The number of thiazole rings is 1. The topological polar surface area (TPSA) is 51.7 Å². The minimum atomic E-state index is -0.149. The van der Waals surface area contributed by atoms with E-state index in [1.54, 1.807) is 29.2 Å². The fourth-order valence-electron chi connectivity index (χ4n) is 3.16. The molecule has 29 heavy (non-hydrogen) atoms. The van der Waals surface area contributed by atoms with Crippen LogP contribution < -0.4 is 9.64 Å². The Hall–Kier alpha value is -2.41. The Labute approximate surface area is 178 Å². The predicted octanol–water partition coefficient (Wildman–Crippen LogP) is 5.05. The molecule has 1 aromatic heterocycles. The molecule has 0 unspecified atom stereocenters. The number of rotatable bonds is 7. The van der Waals surface area contributed by atoms with E-state index >= 15 is 0 Å². The van der Waals surface area contributed by atoms with Crippen LogP contribution in [-0.4, -0.2) is 36.8 Å². The summed E-state index contributed by atoms with van der Waals surface area (Å²) in [7, 11) is 0. The molecule has 150 valence electrons. The number of halogens is 1. The van der Waals surface area contributed by atoms with Crippen molar-refractivity contribution in [2.75, 3.05) is 24.7 Å². The summed E-state index contributed by atoms with van der Waals surface area (Å²) in [6.07, 6.45) is 1.98. The zero-order chi connectivity index (χ0) is 20.1. The maximum Gasteiger partial charge on any atom is 0.266 e. The number of hydrogen-bond acceptors (Lipinski definition) is 5. The van der Waals surface area contributed by atoms with Crippen LogP contribution >= 0.6 is 22.9 Å². The van der Waals surface area contributed by atoms with E-state index < -0.39 is 0 Å². The fraction of sp³-hybridized carbons (Fsp3) is 0.273. The van der Waals surface area contributed by atoms with Crippen LogP contribution in [0.4, 0.5) is 5.13 Å². The summed E-state index contributed by atoms with van der Waals surface area (Å²) in [6, 6.07) is 16.9. The largest absolute Gasteiger partial charge is 0.484 e. The van der Waals surface area contributed by atoms with Gasteiger partial charge in [0.25, 0.3) is 5.91 Å². The van der Waals surface area contributed by atoms with Gasteiger partial charge in [-0.05, 0) is 37.1 Å². The summed E-state index contributed by atoms with van der Waals surface area (Å²) in [5.41, 5.74) is 1.88. The summed E-state index contributed by atoms with van der Waals surface area (Å²) in [4.78, 5) is 19.4. The highest BCUT2D eigenvalue weighted by molar-refractivity contribution is 7.14. The average molecular weight is 429 g/mol. The standard InChI is InChI=1S/C22H21ClN2O3S/c23-17-8-10-18(11-9-17)28-14-21(26)25(13-19-7-4-12-27-19)22-24-20(15-29-22)16-5-2-1-3-6-16/h1-3,5-6,8-11,15,19H,4,7,12-14H2/t19-/m1/s1. The van der Waals surface area contributed by atoms with Gasteiger partial charge in [-0.25, -0.2) is 4.98 Å². The molecule has 1 fully saturated rings. The van der Waals surface area contributed by atoms with E-state index in [1.165, 1.54) is 11.3 Å². The Morgan fingerprint density at radius 1 is 1.21 bits per heavy atom. The Morgan fingerprint density at radius 3 is 2.72 bits per heavy atom. The maximum atomic E-state index is 13.0. The van der Waals surface area contributed by atoms with Crippen LogP contribution in [0.2, 0.25) is 5.02 Å². The van der Waals surface area contributed by atoms with Crippen molar-refractivity contribution in [3.8, 4) is 17.0 Å². The number of amides is 1. The molecule has 1 saturated heterocycles. The van der Waals surface area contributed by atoms with Crippen molar-refractivity contribution < 1.29 is 14.3 Å². The normalized spacial score (nSPS) is 16.0. The van der Waals surface area contributed by atoms with Crippen LogP contribution in [0.5, 0.6) is 5.75 Å². The van der Waals surface area contributed by atoms with Crippen molar-refractivity contribution in [2.45, 2.75) is 18.9 Å². The molecule has 0 N–H and O–H groups in total. The molecular formula is C22H21ClN2O3S. The van der Waals surface area contributed by atoms with Gasteiger partial charge in [-0.2, -0.15) is 0 Å². The third kappa shape index (κ3) is 5.15. The molecule has 0 aliphatic carbocycles. The smallest absolute Gasteiger partial charge is 0.266 e. The minimum Gasteiger partial charge on any atom is -0.484 e. The van der Waals surface area contributed by atoms with Crippen molar-refractivity contribution in [1.29, 1.82) is 0 Å². The Balaban J connectivity index is 1.50. The molecule has 1 aliphatic heterocycles. The zero-order valence-electron chi connectivity index (χ0n) is 15.8. The highest BCUT2D eigenvalue weighted by Crippen LogP contribution is 2.29. The predicted molar refractivity (Wildman–Crippen MR) is 116 cm³/mol. The summed E-state index contributed by atoms with van der Waals surface area (Å²) in [5.74, 6) is 0.452. The summed E-state index contributed by atoms with van der Waals surface area (Å²) in [5, 5.41) is 3.25. The lowest BCUT2D eigenvalue weighted by atomic mass is 10.2. The zero-order valence-corrected chi connectivity index (χ0v) is 17.4. The molecule has 5 nitrogen and oxygen atoms in total. The molecule has 3 aromatic rings. The van der Waals surface area contributed by atoms with E-state index in [0.717, 1.165) is 30.7 Å². The van der Waals surface area contributed by atoms with E-state index in [0.29, 0.717) is 22.4 Å². The molecule has 2 aromatic carbocycles. The van der Waals surface area contributed by atoms with E-state index in [-0.39, 0.29) is 18.6 Å². The minimum absolute atomic E-state index is 0.0264. The SMILES string of the molecule is O=C(COc1ccc(Cl)cc1)N(C[C@H]1CCCO1)c1nc(-c2ccccc2)cs1. The number of anilines is 1. The Kier molecular flexibility index (Phi) is 6.44. The molecule has 4 rings (SSSR count). The number of nitrogens with zero attached hydrogens (tertiary/aromatic N) is 2. The average Bonchev–Trinajstić information content (AvgIpc) is 3.44. The molecular weight excluding hydrogens is 408 g/mol. The maximum absolute atomic E-state index is 13.0. The van der Waals surface area contributed by atoms with E-state index in [4.69, 9.17) is 26.1 Å². The first-order valence-electron chi connectivity index (χ1n) is 9.50. The van der Waals surface area contributed by atoms with Crippen LogP contribution in [0.25, 0.3) is 11.3 Å². The number of ether oxygens (including phenoxy) is 2. The monoisotopic (exact) mass is 428 g/mol. The van der Waals surface area contributed by atoms with Gasteiger partial charge in [-0.3, -0.25) is 9.69 Å². The second-order valence-corrected chi connectivity index (χ2v) is 8.04. The molecule has 2 heterocycles. The first-order valence-corrected chi connectivity index (χ1v) is 10.8. The van der Waals surface area contributed by atoms with Gasteiger partial charge in [0.1, 0.15) is 5.75 Å². The first kappa shape index (κ1) is 19.9. The molecule has 1 atom stereocenters. The highest BCUT2D eigenvalue weighted by Gasteiger charge is 2.26. The Morgan fingerprint density at radius 2 is 2.00 bits per heavy atom. The third-order valence-corrected chi connectivity index (χ3v) is 5.80. The Bertz CT molecular complexity index is 940. The lowest BCUT2D eigenvalue weighted by Gasteiger charge is -2.23. The first-order chi connectivity index (χ1) is 14.2. The van der Waals surface area contributed by atoms with Crippen LogP contribution in [-0.2, 0) is 9.53 Å². The van der Waals surface area contributed by atoms with Gasteiger partial charge in [0.15, 0.2) is 11.7 Å². The van der Waals surface area contributed by atoms with Crippen LogP contribution in [0.15, 0.2) is 60.0 Å². The van der Waals surface area contributed by atoms with Gasteiger partial charge in [0.2, 0.25) is 0 Å². The molecule has 1 amide bonds. The van der Waals surface area contributed by atoms with Gasteiger partial charge >= 0.3 is 0 Å². The van der Waals surface area contributed by atoms with Crippen molar-refractivity contribution in [2.24, 2.45) is 0 Å². The van der Waals surface area contributed by atoms with E-state index in [2.05, 4.69) is 0 Å². The highest BCUT2D eigenvalue weighted by atomic mass is 35.5. The van der Waals surface area contributed by atoms with Crippen molar-refractivity contribution in [3.63, 3.8) is 0 Å². The summed E-state index contributed by atoms with van der Waals surface area (Å²) < 4.78 is 11.4. The van der Waals surface area contributed by atoms with E-state index in [1.807, 2.05) is 35.7 Å². The summed E-state index contributed by atoms with van der Waals surface area (Å²) >= 11 is 7.35. The van der Waals surface area contributed by atoms with Crippen LogP contribution in [0.1, 0.15) is 12.8 Å². The fourth-order valence-corrected chi connectivity index (χ4v) is 4.15. The van der Waals surface area contributed by atoms with Crippen LogP contribution in [0.3, 0.4) is 0 Å². The molecule has 0 saturated carbocycles. The van der Waals surface area contributed by atoms with Gasteiger partial charge in [-0.1, -0.05) is 41.9 Å². The van der Waals surface area contributed by atoms with Gasteiger partial charge in [0, 0.05) is 22.6 Å². The van der Waals surface area contributed by atoms with Crippen LogP contribution in [0, 0.1) is 0 Å². The van der Waals surface area contributed by atoms with Crippen molar-refractivity contribution >= 4 is 34.0 Å². The molecule has 0 bridgehead atoms. The molecule has 1 aliphatic rings.